The molecule has 2 aromatic carbocycles. The first-order chi connectivity index (χ1) is 8.70. The van der Waals surface area contributed by atoms with Crippen molar-refractivity contribution in [3.05, 3.63) is 53.6 Å². The van der Waals surface area contributed by atoms with Gasteiger partial charge in [0, 0.05) is 17.1 Å². The Balaban J connectivity index is 2.25. The predicted octanol–water partition coefficient (Wildman–Crippen LogP) is 4.27. The number of nitrogens with two attached hydrogens (primary N) is 1. The standard InChI is InChI=1S/C16H20N2/c1-3-6-13-7-4-5-8-16(13)18-14-10-9-12(2)15(17)11-14/h4-5,7-11,18H,3,6,17H2,1-2H3. The van der Waals surface area contributed by atoms with Crippen molar-refractivity contribution in [2.24, 2.45) is 0 Å². The van der Waals surface area contributed by atoms with E-state index in [0.717, 1.165) is 29.8 Å². The van der Waals surface area contributed by atoms with Crippen molar-refractivity contribution >= 4 is 17.1 Å². The Morgan fingerprint density at radius 3 is 2.61 bits per heavy atom. The Morgan fingerprint density at radius 1 is 1.11 bits per heavy atom. The molecule has 0 aliphatic carbocycles. The van der Waals surface area contributed by atoms with Gasteiger partial charge in [-0.05, 0) is 42.7 Å². The van der Waals surface area contributed by atoms with Crippen LogP contribution in [0.1, 0.15) is 24.5 Å². The maximum atomic E-state index is 5.93. The van der Waals surface area contributed by atoms with E-state index in [0.29, 0.717) is 0 Å². The Hall–Kier alpha value is -1.96. The van der Waals surface area contributed by atoms with Crippen LogP contribution in [0.3, 0.4) is 0 Å². The van der Waals surface area contributed by atoms with Crippen LogP contribution in [-0.4, -0.2) is 0 Å². The monoisotopic (exact) mass is 240 g/mol. The molecule has 0 saturated heterocycles. The number of hydrogen-bond donors (Lipinski definition) is 2. The summed E-state index contributed by atoms with van der Waals surface area (Å²) in [7, 11) is 0. The van der Waals surface area contributed by atoms with Crippen LogP contribution < -0.4 is 11.1 Å². The van der Waals surface area contributed by atoms with Crippen LogP contribution in [0, 0.1) is 6.92 Å². The van der Waals surface area contributed by atoms with Gasteiger partial charge in [0.25, 0.3) is 0 Å². The average molecular weight is 240 g/mol. The van der Waals surface area contributed by atoms with E-state index in [1.54, 1.807) is 0 Å². The van der Waals surface area contributed by atoms with Gasteiger partial charge in [0.2, 0.25) is 0 Å². The first kappa shape index (κ1) is 12.5. The summed E-state index contributed by atoms with van der Waals surface area (Å²) in [5.41, 5.74) is 11.4. The van der Waals surface area contributed by atoms with Gasteiger partial charge in [-0.25, -0.2) is 0 Å². The van der Waals surface area contributed by atoms with Crippen LogP contribution in [0.15, 0.2) is 42.5 Å². The lowest BCUT2D eigenvalue weighted by Gasteiger charge is -2.12. The lowest BCUT2D eigenvalue weighted by molar-refractivity contribution is 0.923. The second-order valence-corrected chi connectivity index (χ2v) is 4.60. The third kappa shape index (κ3) is 2.83. The van der Waals surface area contributed by atoms with Crippen LogP contribution in [0.5, 0.6) is 0 Å². The Bertz CT molecular complexity index is 532. The molecule has 2 rings (SSSR count). The van der Waals surface area contributed by atoms with Crippen LogP contribution in [-0.2, 0) is 6.42 Å². The van der Waals surface area contributed by atoms with Crippen molar-refractivity contribution in [1.29, 1.82) is 0 Å². The topological polar surface area (TPSA) is 38.0 Å². The van der Waals surface area contributed by atoms with Gasteiger partial charge in [0.05, 0.1) is 0 Å². The van der Waals surface area contributed by atoms with Gasteiger partial charge in [0.1, 0.15) is 0 Å². The van der Waals surface area contributed by atoms with Gasteiger partial charge in [-0.3, -0.25) is 0 Å². The lowest BCUT2D eigenvalue weighted by Crippen LogP contribution is -1.97. The van der Waals surface area contributed by atoms with Gasteiger partial charge in [-0.2, -0.15) is 0 Å². The van der Waals surface area contributed by atoms with E-state index in [4.69, 9.17) is 5.73 Å². The van der Waals surface area contributed by atoms with Gasteiger partial charge in [0.15, 0.2) is 0 Å². The molecule has 2 aromatic rings. The molecule has 0 spiro atoms. The molecular weight excluding hydrogens is 220 g/mol. The zero-order chi connectivity index (χ0) is 13.0. The van der Waals surface area contributed by atoms with Crippen molar-refractivity contribution in [2.45, 2.75) is 26.7 Å². The molecule has 0 aromatic heterocycles. The fraction of sp³-hybridized carbons (Fsp3) is 0.250. The summed E-state index contributed by atoms with van der Waals surface area (Å²) >= 11 is 0. The molecule has 0 unspecified atom stereocenters. The van der Waals surface area contributed by atoms with Crippen LogP contribution in [0.4, 0.5) is 17.1 Å². The summed E-state index contributed by atoms with van der Waals surface area (Å²) in [5.74, 6) is 0. The molecule has 0 fully saturated rings. The summed E-state index contributed by atoms with van der Waals surface area (Å²) in [6, 6.07) is 14.5. The minimum atomic E-state index is 0.827. The smallest absolute Gasteiger partial charge is 0.0416 e. The van der Waals surface area contributed by atoms with Crippen molar-refractivity contribution in [2.75, 3.05) is 11.1 Å². The average Bonchev–Trinajstić information content (AvgIpc) is 2.37. The first-order valence-electron chi connectivity index (χ1n) is 6.41. The van der Waals surface area contributed by atoms with E-state index < -0.39 is 0 Å². The number of rotatable bonds is 4. The molecule has 0 aliphatic rings. The molecule has 0 amide bonds. The van der Waals surface area contributed by atoms with Crippen LogP contribution >= 0.6 is 0 Å². The van der Waals surface area contributed by atoms with Crippen molar-refractivity contribution in [3.8, 4) is 0 Å². The highest BCUT2D eigenvalue weighted by molar-refractivity contribution is 5.67. The third-order valence-electron chi connectivity index (χ3n) is 3.09. The maximum Gasteiger partial charge on any atom is 0.0416 e. The zero-order valence-electron chi connectivity index (χ0n) is 11.0. The fourth-order valence-electron chi connectivity index (χ4n) is 2.00. The number of aryl methyl sites for hydroxylation is 2. The summed E-state index contributed by atoms with van der Waals surface area (Å²) in [6.07, 6.45) is 2.24. The molecular formula is C16H20N2. The summed E-state index contributed by atoms with van der Waals surface area (Å²) < 4.78 is 0. The molecule has 0 heterocycles. The molecule has 0 bridgehead atoms. The van der Waals surface area contributed by atoms with Gasteiger partial charge in [-0.1, -0.05) is 37.6 Å². The van der Waals surface area contributed by atoms with Gasteiger partial charge >= 0.3 is 0 Å². The maximum absolute atomic E-state index is 5.93. The van der Waals surface area contributed by atoms with Crippen molar-refractivity contribution in [1.82, 2.24) is 0 Å². The van der Waals surface area contributed by atoms with Crippen molar-refractivity contribution in [3.63, 3.8) is 0 Å². The van der Waals surface area contributed by atoms with Gasteiger partial charge in [-0.15, -0.1) is 0 Å². The fourth-order valence-corrected chi connectivity index (χ4v) is 2.00. The molecule has 2 heteroatoms. The zero-order valence-corrected chi connectivity index (χ0v) is 11.0. The second-order valence-electron chi connectivity index (χ2n) is 4.60. The van der Waals surface area contributed by atoms with Gasteiger partial charge < -0.3 is 11.1 Å². The highest BCUT2D eigenvalue weighted by Gasteiger charge is 2.02. The van der Waals surface area contributed by atoms with E-state index in [1.165, 1.54) is 11.3 Å². The predicted molar refractivity (Wildman–Crippen MR) is 79.3 cm³/mol. The first-order valence-corrected chi connectivity index (χ1v) is 6.41. The summed E-state index contributed by atoms with van der Waals surface area (Å²) in [6.45, 7) is 4.21. The largest absolute Gasteiger partial charge is 0.398 e. The minimum absolute atomic E-state index is 0.827. The highest BCUT2D eigenvalue weighted by Crippen LogP contribution is 2.24. The second kappa shape index (κ2) is 5.58. The number of nitrogen functional groups attached to an aromatic ring is 1. The molecule has 18 heavy (non-hydrogen) atoms. The van der Waals surface area contributed by atoms with Crippen molar-refractivity contribution < 1.29 is 0 Å². The highest BCUT2D eigenvalue weighted by atomic mass is 14.9. The Kier molecular flexibility index (Phi) is 3.88. The molecule has 2 nitrogen and oxygen atoms in total. The Morgan fingerprint density at radius 2 is 1.89 bits per heavy atom. The van der Waals surface area contributed by atoms with Crippen LogP contribution in [0.25, 0.3) is 0 Å². The molecule has 94 valence electrons. The SMILES string of the molecule is CCCc1ccccc1Nc1ccc(C)c(N)c1. The van der Waals surface area contributed by atoms with E-state index >= 15 is 0 Å². The van der Waals surface area contributed by atoms with E-state index in [2.05, 4.69) is 42.6 Å². The molecule has 3 N–H and O–H groups in total. The molecule has 0 radical (unpaired) electrons. The van der Waals surface area contributed by atoms with E-state index in [-0.39, 0.29) is 0 Å². The van der Waals surface area contributed by atoms with E-state index in [9.17, 15) is 0 Å². The quantitative estimate of drug-likeness (QED) is 0.783. The number of nitrogens with one attached hydrogen (secondary N) is 1. The molecule has 0 aliphatic heterocycles. The summed E-state index contributed by atoms with van der Waals surface area (Å²) in [5, 5.41) is 3.45. The Labute approximate surface area is 109 Å². The lowest BCUT2D eigenvalue weighted by atomic mass is 10.1. The number of anilines is 3. The molecule has 0 atom stereocenters. The summed E-state index contributed by atoms with van der Waals surface area (Å²) in [4.78, 5) is 0. The molecule has 0 saturated carbocycles. The third-order valence-corrected chi connectivity index (χ3v) is 3.09. The van der Waals surface area contributed by atoms with E-state index in [1.807, 2.05) is 19.1 Å². The number of para-hydroxylation sites is 1. The number of hydrogen-bond acceptors (Lipinski definition) is 2. The normalized spacial score (nSPS) is 10.3. The van der Waals surface area contributed by atoms with Crippen LogP contribution in [0.2, 0.25) is 0 Å². The number of benzene rings is 2. The minimum Gasteiger partial charge on any atom is -0.398 e.